The van der Waals surface area contributed by atoms with Gasteiger partial charge in [-0.15, -0.1) is 0 Å². The summed E-state index contributed by atoms with van der Waals surface area (Å²) >= 11 is 5.52. The van der Waals surface area contributed by atoms with E-state index in [0.29, 0.717) is 0 Å². The van der Waals surface area contributed by atoms with E-state index in [1.165, 1.54) is 11.1 Å². The van der Waals surface area contributed by atoms with Crippen molar-refractivity contribution in [3.63, 3.8) is 0 Å². The highest BCUT2D eigenvalue weighted by Crippen LogP contribution is 2.18. The number of benzene rings is 1. The second-order valence-corrected chi connectivity index (χ2v) is 5.80. The lowest BCUT2D eigenvalue weighted by Crippen LogP contribution is -2.49. The molecule has 4 heteroatoms. The first-order valence-corrected chi connectivity index (χ1v) is 7.15. The van der Waals surface area contributed by atoms with Crippen LogP contribution < -0.4 is 5.32 Å². The van der Waals surface area contributed by atoms with Crippen molar-refractivity contribution in [3.8, 4) is 0 Å². The van der Waals surface area contributed by atoms with Crippen LogP contribution in [0.1, 0.15) is 25.0 Å². The number of nitrogens with one attached hydrogen (secondary N) is 1. The van der Waals surface area contributed by atoms with Crippen LogP contribution in [0.4, 0.5) is 5.69 Å². The summed E-state index contributed by atoms with van der Waals surface area (Å²) in [5.74, 6) is 0. The molecule has 1 aliphatic rings. The summed E-state index contributed by atoms with van der Waals surface area (Å²) in [7, 11) is 0. The van der Waals surface area contributed by atoms with E-state index < -0.39 is 0 Å². The Morgan fingerprint density at radius 2 is 1.89 bits per heavy atom. The lowest BCUT2D eigenvalue weighted by Gasteiger charge is -2.37. The van der Waals surface area contributed by atoms with Gasteiger partial charge in [0.15, 0.2) is 5.11 Å². The van der Waals surface area contributed by atoms with Crippen molar-refractivity contribution in [3.05, 3.63) is 29.3 Å². The third-order valence-electron chi connectivity index (χ3n) is 3.34. The largest absolute Gasteiger partial charge is 0.372 e. The lowest BCUT2D eigenvalue weighted by atomic mass is 10.1. The van der Waals surface area contributed by atoms with Gasteiger partial charge in [0.05, 0.1) is 12.2 Å². The first-order chi connectivity index (χ1) is 8.95. The van der Waals surface area contributed by atoms with E-state index in [-0.39, 0.29) is 12.2 Å². The van der Waals surface area contributed by atoms with E-state index in [2.05, 4.69) is 56.1 Å². The molecule has 2 unspecified atom stereocenters. The van der Waals surface area contributed by atoms with Gasteiger partial charge in [-0.1, -0.05) is 12.1 Å². The molecule has 0 saturated carbocycles. The van der Waals surface area contributed by atoms with Gasteiger partial charge in [-0.3, -0.25) is 0 Å². The van der Waals surface area contributed by atoms with Gasteiger partial charge < -0.3 is 15.0 Å². The molecule has 1 aromatic carbocycles. The molecule has 1 N–H and O–H groups in total. The standard InChI is InChI=1S/C15H22N2OS/c1-10-5-6-11(2)14(7-10)16-15(19)17-8-12(3)18-13(4)9-17/h5-7,12-13H,8-9H2,1-4H3,(H,16,19). The van der Waals surface area contributed by atoms with Gasteiger partial charge in [-0.25, -0.2) is 0 Å². The normalized spacial score (nSPS) is 23.3. The van der Waals surface area contributed by atoms with E-state index in [1.807, 2.05) is 0 Å². The van der Waals surface area contributed by atoms with Crippen molar-refractivity contribution in [2.24, 2.45) is 0 Å². The van der Waals surface area contributed by atoms with Crippen molar-refractivity contribution in [1.82, 2.24) is 4.90 Å². The molecule has 1 aliphatic heterocycles. The monoisotopic (exact) mass is 278 g/mol. The first-order valence-electron chi connectivity index (χ1n) is 6.74. The molecule has 1 saturated heterocycles. The summed E-state index contributed by atoms with van der Waals surface area (Å²) in [5, 5.41) is 4.15. The van der Waals surface area contributed by atoms with Crippen LogP contribution in [0.5, 0.6) is 0 Å². The zero-order valence-electron chi connectivity index (χ0n) is 12.1. The molecule has 1 fully saturated rings. The van der Waals surface area contributed by atoms with Crippen LogP contribution >= 0.6 is 12.2 Å². The summed E-state index contributed by atoms with van der Waals surface area (Å²) in [6.45, 7) is 10.1. The zero-order valence-corrected chi connectivity index (χ0v) is 12.9. The number of nitrogens with zero attached hydrogens (tertiary/aromatic N) is 1. The smallest absolute Gasteiger partial charge is 0.173 e. The fourth-order valence-electron chi connectivity index (χ4n) is 2.41. The van der Waals surface area contributed by atoms with E-state index in [9.17, 15) is 0 Å². The summed E-state index contributed by atoms with van der Waals surface area (Å²) in [6, 6.07) is 6.36. The van der Waals surface area contributed by atoms with Crippen molar-refractivity contribution >= 4 is 23.0 Å². The second kappa shape index (κ2) is 5.88. The Hall–Kier alpha value is -1.13. The average Bonchev–Trinajstić information content (AvgIpc) is 2.32. The zero-order chi connectivity index (χ0) is 14.0. The second-order valence-electron chi connectivity index (χ2n) is 5.41. The van der Waals surface area contributed by atoms with E-state index in [4.69, 9.17) is 17.0 Å². The van der Waals surface area contributed by atoms with Gasteiger partial charge in [-0.05, 0) is 57.1 Å². The van der Waals surface area contributed by atoms with Crippen molar-refractivity contribution < 1.29 is 4.74 Å². The molecule has 0 spiro atoms. The fraction of sp³-hybridized carbons (Fsp3) is 0.533. The quantitative estimate of drug-likeness (QED) is 0.798. The predicted molar refractivity (Wildman–Crippen MR) is 83.7 cm³/mol. The Balaban J connectivity index is 2.06. The van der Waals surface area contributed by atoms with Crippen LogP contribution in [0.3, 0.4) is 0 Å². The van der Waals surface area contributed by atoms with Gasteiger partial charge in [0.1, 0.15) is 0 Å². The maximum Gasteiger partial charge on any atom is 0.173 e. The Labute approximate surface area is 120 Å². The average molecular weight is 278 g/mol. The molecule has 2 atom stereocenters. The van der Waals surface area contributed by atoms with Gasteiger partial charge >= 0.3 is 0 Å². The molecule has 0 amide bonds. The molecule has 0 bridgehead atoms. The molecular weight excluding hydrogens is 256 g/mol. The van der Waals surface area contributed by atoms with Gasteiger partial charge in [0.25, 0.3) is 0 Å². The summed E-state index contributed by atoms with van der Waals surface area (Å²) in [4.78, 5) is 2.19. The minimum Gasteiger partial charge on any atom is -0.372 e. The van der Waals surface area contributed by atoms with E-state index in [0.717, 1.165) is 23.9 Å². The summed E-state index contributed by atoms with van der Waals surface area (Å²) < 4.78 is 5.73. The Morgan fingerprint density at radius 3 is 2.53 bits per heavy atom. The highest BCUT2D eigenvalue weighted by molar-refractivity contribution is 7.80. The molecule has 1 heterocycles. The number of morpholine rings is 1. The maximum atomic E-state index is 5.73. The number of hydrogen-bond donors (Lipinski definition) is 1. The van der Waals surface area contributed by atoms with Crippen molar-refractivity contribution in [1.29, 1.82) is 0 Å². The first kappa shape index (κ1) is 14.3. The van der Waals surface area contributed by atoms with E-state index >= 15 is 0 Å². The molecule has 1 aromatic rings. The van der Waals surface area contributed by atoms with Crippen molar-refractivity contribution in [2.75, 3.05) is 18.4 Å². The SMILES string of the molecule is Cc1ccc(C)c(NC(=S)N2CC(C)OC(C)C2)c1. The number of aryl methyl sites for hydroxylation is 2. The minimum absolute atomic E-state index is 0.224. The Bertz CT molecular complexity index is 465. The number of hydrogen-bond acceptors (Lipinski definition) is 2. The third-order valence-corrected chi connectivity index (χ3v) is 3.70. The van der Waals surface area contributed by atoms with Crippen LogP contribution in [0.25, 0.3) is 0 Å². The number of thiocarbonyl (C=S) groups is 1. The summed E-state index contributed by atoms with van der Waals surface area (Å²) in [6.07, 6.45) is 0.448. The minimum atomic E-state index is 0.224. The van der Waals surface area contributed by atoms with Crippen LogP contribution in [0.15, 0.2) is 18.2 Å². The molecular formula is C15H22N2OS. The third kappa shape index (κ3) is 3.67. The molecule has 2 rings (SSSR count). The number of anilines is 1. The van der Waals surface area contributed by atoms with Crippen molar-refractivity contribution in [2.45, 2.75) is 39.9 Å². The highest BCUT2D eigenvalue weighted by atomic mass is 32.1. The van der Waals surface area contributed by atoms with Crippen LogP contribution in [-0.4, -0.2) is 35.3 Å². The number of rotatable bonds is 1. The lowest BCUT2D eigenvalue weighted by molar-refractivity contribution is -0.0473. The molecule has 19 heavy (non-hydrogen) atoms. The topological polar surface area (TPSA) is 24.5 Å². The molecule has 3 nitrogen and oxygen atoms in total. The van der Waals surface area contributed by atoms with Crippen LogP contribution in [0, 0.1) is 13.8 Å². The highest BCUT2D eigenvalue weighted by Gasteiger charge is 2.24. The molecule has 0 aromatic heterocycles. The van der Waals surface area contributed by atoms with E-state index in [1.54, 1.807) is 0 Å². The predicted octanol–water partition coefficient (Wildman–Crippen LogP) is 3.11. The number of ether oxygens (including phenoxy) is 1. The fourth-order valence-corrected chi connectivity index (χ4v) is 2.67. The molecule has 0 radical (unpaired) electrons. The van der Waals surface area contributed by atoms with Gasteiger partial charge in [0.2, 0.25) is 0 Å². The Kier molecular flexibility index (Phi) is 4.42. The summed E-state index contributed by atoms with van der Waals surface area (Å²) in [5.41, 5.74) is 3.54. The Morgan fingerprint density at radius 1 is 1.26 bits per heavy atom. The van der Waals surface area contributed by atoms with Crippen LogP contribution in [0.2, 0.25) is 0 Å². The van der Waals surface area contributed by atoms with Crippen LogP contribution in [-0.2, 0) is 4.74 Å². The molecule has 104 valence electrons. The van der Waals surface area contributed by atoms with Gasteiger partial charge in [-0.2, -0.15) is 0 Å². The maximum absolute atomic E-state index is 5.73. The van der Waals surface area contributed by atoms with Gasteiger partial charge in [0, 0.05) is 18.8 Å². The molecule has 0 aliphatic carbocycles.